The molecule has 0 saturated carbocycles. The third-order valence-electron chi connectivity index (χ3n) is 4.03. The highest BCUT2D eigenvalue weighted by Crippen LogP contribution is 2.23. The molecule has 0 spiro atoms. The van der Waals surface area contributed by atoms with Crippen LogP contribution < -0.4 is 0 Å². The Morgan fingerprint density at radius 1 is 1.35 bits per heavy atom. The Hall–Kier alpha value is -1.21. The molecule has 0 amide bonds. The van der Waals surface area contributed by atoms with Crippen molar-refractivity contribution in [3.8, 4) is 11.5 Å². The molecule has 1 atom stereocenters. The second kappa shape index (κ2) is 10.5. The van der Waals surface area contributed by atoms with E-state index in [0.29, 0.717) is 12.6 Å². The largest absolute Gasteiger partial charge is 0.300 e. The van der Waals surface area contributed by atoms with Gasteiger partial charge in [0.2, 0.25) is 0 Å². The van der Waals surface area contributed by atoms with E-state index in [4.69, 9.17) is 5.53 Å². The number of nitrogens with zero attached hydrogens (tertiary/aromatic N) is 4. The Morgan fingerprint density at radius 3 is 2.70 bits per heavy atom. The number of allylic oxidation sites excluding steroid dienone is 1. The SMILES string of the molecule is CCCN(CCCCN=[N+]=[N-])C1CC=C(C#C[Si](C)(C)C)CC1. The summed E-state index contributed by atoms with van der Waals surface area (Å²) in [5, 5.41) is 3.62. The summed E-state index contributed by atoms with van der Waals surface area (Å²) in [7, 11) is -1.27. The molecule has 0 aromatic carbocycles. The van der Waals surface area contributed by atoms with E-state index in [9.17, 15) is 0 Å². The van der Waals surface area contributed by atoms with Crippen LogP contribution in [0.5, 0.6) is 0 Å². The highest BCUT2D eigenvalue weighted by Gasteiger charge is 2.20. The molecule has 0 N–H and O–H groups in total. The fourth-order valence-corrected chi connectivity index (χ4v) is 3.38. The van der Waals surface area contributed by atoms with Crippen LogP contribution in [-0.2, 0) is 0 Å². The molecule has 0 aromatic heterocycles. The van der Waals surface area contributed by atoms with Crippen molar-refractivity contribution in [1.29, 1.82) is 0 Å². The minimum Gasteiger partial charge on any atom is -0.300 e. The van der Waals surface area contributed by atoms with Crippen molar-refractivity contribution in [3.63, 3.8) is 0 Å². The molecule has 0 radical (unpaired) electrons. The van der Waals surface area contributed by atoms with E-state index in [1.807, 2.05) is 0 Å². The van der Waals surface area contributed by atoms with Crippen molar-refractivity contribution in [2.24, 2.45) is 5.11 Å². The summed E-state index contributed by atoms with van der Waals surface area (Å²) in [5.74, 6) is 3.43. The van der Waals surface area contributed by atoms with Crippen molar-refractivity contribution in [3.05, 3.63) is 22.1 Å². The highest BCUT2D eigenvalue weighted by molar-refractivity contribution is 6.83. The van der Waals surface area contributed by atoms with Gasteiger partial charge in [-0.15, -0.1) is 5.54 Å². The number of azide groups is 1. The quantitative estimate of drug-likeness (QED) is 0.151. The molecule has 1 unspecified atom stereocenters. The Bertz CT molecular complexity index is 489. The first-order valence-electron chi connectivity index (χ1n) is 8.93. The van der Waals surface area contributed by atoms with Crippen molar-refractivity contribution >= 4 is 8.07 Å². The summed E-state index contributed by atoms with van der Waals surface area (Å²) in [5.41, 5.74) is 13.1. The zero-order chi connectivity index (χ0) is 17.1. The molecule has 0 fully saturated rings. The lowest BCUT2D eigenvalue weighted by Crippen LogP contribution is -2.37. The van der Waals surface area contributed by atoms with E-state index in [-0.39, 0.29) is 0 Å². The van der Waals surface area contributed by atoms with Gasteiger partial charge in [0, 0.05) is 17.5 Å². The Labute approximate surface area is 143 Å². The number of hydrogen-bond donors (Lipinski definition) is 0. The van der Waals surface area contributed by atoms with Crippen LogP contribution in [0, 0.1) is 11.5 Å². The third-order valence-corrected chi connectivity index (χ3v) is 4.90. The summed E-state index contributed by atoms with van der Waals surface area (Å²) in [4.78, 5) is 5.44. The van der Waals surface area contributed by atoms with Crippen LogP contribution in [0.3, 0.4) is 0 Å². The first kappa shape index (κ1) is 19.8. The van der Waals surface area contributed by atoms with E-state index in [2.05, 4.69) is 59.0 Å². The molecule has 0 bridgehead atoms. The number of unbranched alkanes of at least 4 members (excludes halogenated alkanes) is 1. The zero-order valence-corrected chi connectivity index (χ0v) is 16.3. The second-order valence-corrected chi connectivity index (χ2v) is 12.1. The van der Waals surface area contributed by atoms with Gasteiger partial charge in [-0.25, -0.2) is 0 Å². The smallest absolute Gasteiger partial charge is 0.129 e. The molecule has 23 heavy (non-hydrogen) atoms. The number of hydrogen-bond acceptors (Lipinski definition) is 2. The summed E-state index contributed by atoms with van der Waals surface area (Å²) in [6.45, 7) is 12.0. The fourth-order valence-electron chi connectivity index (χ4n) is 2.84. The molecule has 1 rings (SSSR count). The molecular formula is C18H32N4Si. The normalized spacial score (nSPS) is 18.0. The average Bonchev–Trinajstić information content (AvgIpc) is 2.51. The van der Waals surface area contributed by atoms with Crippen LogP contribution in [-0.4, -0.2) is 38.6 Å². The summed E-state index contributed by atoms with van der Waals surface area (Å²) < 4.78 is 0. The maximum absolute atomic E-state index is 8.31. The third kappa shape index (κ3) is 8.85. The Kier molecular flexibility index (Phi) is 9.09. The van der Waals surface area contributed by atoms with Gasteiger partial charge >= 0.3 is 0 Å². The molecule has 1 aliphatic rings. The summed E-state index contributed by atoms with van der Waals surface area (Å²) in [6, 6.07) is 0.659. The summed E-state index contributed by atoms with van der Waals surface area (Å²) >= 11 is 0. The minimum absolute atomic E-state index is 0.622. The van der Waals surface area contributed by atoms with Crippen molar-refractivity contribution in [1.82, 2.24) is 4.90 Å². The first-order chi connectivity index (χ1) is 11.0. The minimum atomic E-state index is -1.27. The van der Waals surface area contributed by atoms with Gasteiger partial charge in [-0.3, -0.25) is 0 Å². The van der Waals surface area contributed by atoms with Crippen molar-refractivity contribution < 1.29 is 0 Å². The van der Waals surface area contributed by atoms with Gasteiger partial charge in [0.1, 0.15) is 8.07 Å². The monoisotopic (exact) mass is 332 g/mol. The molecule has 0 aliphatic heterocycles. The second-order valence-electron chi connectivity index (χ2n) is 7.36. The van der Waals surface area contributed by atoms with E-state index in [0.717, 1.165) is 38.8 Å². The van der Waals surface area contributed by atoms with Gasteiger partial charge in [-0.2, -0.15) is 0 Å². The van der Waals surface area contributed by atoms with Gasteiger partial charge < -0.3 is 4.90 Å². The van der Waals surface area contributed by atoms with Gasteiger partial charge in [0.25, 0.3) is 0 Å². The van der Waals surface area contributed by atoms with E-state index in [1.165, 1.54) is 18.4 Å². The molecule has 0 aromatic rings. The van der Waals surface area contributed by atoms with Crippen LogP contribution in [0.15, 0.2) is 16.8 Å². The van der Waals surface area contributed by atoms with Crippen LogP contribution in [0.4, 0.5) is 0 Å². The van der Waals surface area contributed by atoms with E-state index < -0.39 is 8.07 Å². The summed E-state index contributed by atoms with van der Waals surface area (Å²) in [6.07, 6.45) is 9.14. The van der Waals surface area contributed by atoms with Gasteiger partial charge in [-0.05, 0) is 62.7 Å². The predicted octanol–water partition coefficient (Wildman–Crippen LogP) is 5.15. The predicted molar refractivity (Wildman–Crippen MR) is 102 cm³/mol. The van der Waals surface area contributed by atoms with E-state index >= 15 is 0 Å². The van der Waals surface area contributed by atoms with Crippen LogP contribution in [0.25, 0.3) is 10.4 Å². The maximum atomic E-state index is 8.31. The molecule has 4 nitrogen and oxygen atoms in total. The van der Waals surface area contributed by atoms with Crippen LogP contribution in [0.2, 0.25) is 19.6 Å². The van der Waals surface area contributed by atoms with Crippen molar-refractivity contribution in [2.75, 3.05) is 19.6 Å². The lowest BCUT2D eigenvalue weighted by atomic mass is 9.94. The molecule has 5 heteroatoms. The molecule has 128 valence electrons. The lowest BCUT2D eigenvalue weighted by Gasteiger charge is -2.33. The van der Waals surface area contributed by atoms with Crippen LogP contribution >= 0.6 is 0 Å². The van der Waals surface area contributed by atoms with E-state index in [1.54, 1.807) is 0 Å². The zero-order valence-electron chi connectivity index (χ0n) is 15.3. The average molecular weight is 333 g/mol. The lowest BCUT2D eigenvalue weighted by molar-refractivity contribution is 0.180. The first-order valence-corrected chi connectivity index (χ1v) is 12.4. The topological polar surface area (TPSA) is 52.0 Å². The molecule has 0 heterocycles. The standard InChI is InChI=1S/C18H32N4Si/c1-5-14-22(15-7-6-13-20-21-19)18-10-8-17(9-11-18)12-16-23(2,3)4/h8,18H,5-7,9-11,13-15H2,1-4H3. The maximum Gasteiger partial charge on any atom is 0.129 e. The fraction of sp³-hybridized carbons (Fsp3) is 0.778. The molecular weight excluding hydrogens is 300 g/mol. The molecule has 0 saturated heterocycles. The molecule has 1 aliphatic carbocycles. The highest BCUT2D eigenvalue weighted by atomic mass is 28.3. The Balaban J connectivity index is 2.50. The Morgan fingerprint density at radius 2 is 2.13 bits per heavy atom. The number of rotatable bonds is 8. The van der Waals surface area contributed by atoms with Gasteiger partial charge in [0.05, 0.1) is 0 Å². The van der Waals surface area contributed by atoms with Gasteiger partial charge in [0.15, 0.2) is 0 Å². The van der Waals surface area contributed by atoms with Crippen molar-refractivity contribution in [2.45, 2.75) is 71.1 Å². The van der Waals surface area contributed by atoms with Crippen LogP contribution in [0.1, 0.15) is 45.4 Å². The van der Waals surface area contributed by atoms with Gasteiger partial charge in [-0.1, -0.05) is 43.7 Å².